The number of benzene rings is 1. The zero-order valence-electron chi connectivity index (χ0n) is 12.9. The Labute approximate surface area is 113 Å². The third kappa shape index (κ3) is 4.81. The molecule has 0 saturated carbocycles. The van der Waals surface area contributed by atoms with Crippen LogP contribution in [-0.4, -0.2) is 12.1 Å². The first kappa shape index (κ1) is 15.2. The van der Waals surface area contributed by atoms with Gasteiger partial charge in [0.05, 0.1) is 0 Å². The molecule has 0 aliphatic carbocycles. The lowest BCUT2D eigenvalue weighted by atomic mass is 9.90. The molecule has 0 aliphatic rings. The molecule has 0 spiro atoms. The van der Waals surface area contributed by atoms with Gasteiger partial charge in [0.2, 0.25) is 0 Å². The standard InChI is InChI=1S/C17H29N/c1-7-15(12-18-17(4,5)6)11-16-13(2)9-8-10-14(16)3/h8-10,15,18H,7,11-12H2,1-6H3. The fourth-order valence-corrected chi connectivity index (χ4v) is 2.27. The summed E-state index contributed by atoms with van der Waals surface area (Å²) in [7, 11) is 0. The van der Waals surface area contributed by atoms with Crippen molar-refractivity contribution in [1.82, 2.24) is 5.32 Å². The van der Waals surface area contributed by atoms with Gasteiger partial charge in [0.1, 0.15) is 0 Å². The summed E-state index contributed by atoms with van der Waals surface area (Å²) in [5.41, 5.74) is 4.63. The van der Waals surface area contributed by atoms with Gasteiger partial charge in [-0.1, -0.05) is 31.5 Å². The van der Waals surface area contributed by atoms with Crippen molar-refractivity contribution in [2.75, 3.05) is 6.54 Å². The van der Waals surface area contributed by atoms with E-state index in [-0.39, 0.29) is 5.54 Å². The van der Waals surface area contributed by atoms with E-state index in [4.69, 9.17) is 0 Å². The number of hydrogen-bond donors (Lipinski definition) is 1. The topological polar surface area (TPSA) is 12.0 Å². The first-order valence-corrected chi connectivity index (χ1v) is 7.13. The van der Waals surface area contributed by atoms with Crippen molar-refractivity contribution >= 4 is 0 Å². The van der Waals surface area contributed by atoms with E-state index in [0.717, 1.165) is 12.5 Å². The van der Waals surface area contributed by atoms with E-state index in [1.54, 1.807) is 5.56 Å². The molecule has 0 aromatic heterocycles. The molecule has 0 heterocycles. The van der Waals surface area contributed by atoms with Gasteiger partial charge >= 0.3 is 0 Å². The summed E-state index contributed by atoms with van der Waals surface area (Å²) >= 11 is 0. The minimum absolute atomic E-state index is 0.216. The summed E-state index contributed by atoms with van der Waals surface area (Å²) in [6, 6.07) is 6.61. The molecule has 0 radical (unpaired) electrons. The minimum atomic E-state index is 0.216. The molecule has 0 bridgehead atoms. The molecular formula is C17H29N. The summed E-state index contributed by atoms with van der Waals surface area (Å²) in [4.78, 5) is 0. The fraction of sp³-hybridized carbons (Fsp3) is 0.647. The van der Waals surface area contributed by atoms with E-state index in [2.05, 4.69) is 65.1 Å². The van der Waals surface area contributed by atoms with Crippen LogP contribution in [0.25, 0.3) is 0 Å². The second-order valence-corrected chi connectivity index (χ2v) is 6.48. The molecule has 18 heavy (non-hydrogen) atoms. The van der Waals surface area contributed by atoms with Crippen molar-refractivity contribution < 1.29 is 0 Å². The van der Waals surface area contributed by atoms with Crippen LogP contribution in [0.4, 0.5) is 0 Å². The Balaban J connectivity index is 2.68. The van der Waals surface area contributed by atoms with E-state index in [1.165, 1.54) is 24.0 Å². The van der Waals surface area contributed by atoms with Gasteiger partial charge in [-0.25, -0.2) is 0 Å². The summed E-state index contributed by atoms with van der Waals surface area (Å²) in [6.45, 7) is 14.6. The van der Waals surface area contributed by atoms with Gasteiger partial charge in [-0.3, -0.25) is 0 Å². The first-order chi connectivity index (χ1) is 8.33. The summed E-state index contributed by atoms with van der Waals surface area (Å²) in [5, 5.41) is 3.63. The Morgan fingerprint density at radius 3 is 2.11 bits per heavy atom. The van der Waals surface area contributed by atoms with E-state index in [1.807, 2.05) is 0 Å². The summed E-state index contributed by atoms with van der Waals surface area (Å²) < 4.78 is 0. The SMILES string of the molecule is CCC(CNC(C)(C)C)Cc1c(C)cccc1C. The molecule has 1 unspecified atom stereocenters. The Morgan fingerprint density at radius 1 is 1.11 bits per heavy atom. The summed E-state index contributed by atoms with van der Waals surface area (Å²) in [6.07, 6.45) is 2.43. The quantitative estimate of drug-likeness (QED) is 0.819. The molecule has 1 N–H and O–H groups in total. The van der Waals surface area contributed by atoms with Gasteiger partial charge in [-0.2, -0.15) is 0 Å². The molecule has 0 saturated heterocycles. The maximum absolute atomic E-state index is 3.63. The predicted octanol–water partition coefficient (Wildman–Crippen LogP) is 4.26. The average molecular weight is 247 g/mol. The third-order valence-corrected chi connectivity index (χ3v) is 3.64. The largest absolute Gasteiger partial charge is 0.312 e. The molecule has 1 nitrogen and oxygen atoms in total. The lowest BCUT2D eigenvalue weighted by Crippen LogP contribution is -2.39. The average Bonchev–Trinajstić information content (AvgIpc) is 2.26. The smallest absolute Gasteiger partial charge is 0.00966 e. The second kappa shape index (κ2) is 6.38. The van der Waals surface area contributed by atoms with E-state index in [9.17, 15) is 0 Å². The number of aryl methyl sites for hydroxylation is 2. The zero-order valence-corrected chi connectivity index (χ0v) is 12.9. The highest BCUT2D eigenvalue weighted by Crippen LogP contribution is 2.19. The van der Waals surface area contributed by atoms with Gasteiger partial charge in [0, 0.05) is 5.54 Å². The molecular weight excluding hydrogens is 218 g/mol. The van der Waals surface area contributed by atoms with Gasteiger partial charge in [0.25, 0.3) is 0 Å². The number of nitrogens with one attached hydrogen (secondary N) is 1. The zero-order chi connectivity index (χ0) is 13.8. The monoisotopic (exact) mass is 247 g/mol. The van der Waals surface area contributed by atoms with Crippen molar-refractivity contribution in [3.8, 4) is 0 Å². The van der Waals surface area contributed by atoms with Crippen LogP contribution >= 0.6 is 0 Å². The van der Waals surface area contributed by atoms with Crippen LogP contribution in [0.3, 0.4) is 0 Å². The van der Waals surface area contributed by atoms with Crippen molar-refractivity contribution in [1.29, 1.82) is 0 Å². The van der Waals surface area contributed by atoms with E-state index >= 15 is 0 Å². The van der Waals surface area contributed by atoms with Crippen molar-refractivity contribution in [3.05, 3.63) is 34.9 Å². The predicted molar refractivity (Wildman–Crippen MR) is 81.2 cm³/mol. The Kier molecular flexibility index (Phi) is 5.40. The third-order valence-electron chi connectivity index (χ3n) is 3.64. The molecule has 1 heteroatoms. The van der Waals surface area contributed by atoms with Crippen molar-refractivity contribution in [3.63, 3.8) is 0 Å². The van der Waals surface area contributed by atoms with Crippen LogP contribution in [0, 0.1) is 19.8 Å². The van der Waals surface area contributed by atoms with Crippen LogP contribution < -0.4 is 5.32 Å². The molecule has 1 aromatic carbocycles. The minimum Gasteiger partial charge on any atom is -0.312 e. The van der Waals surface area contributed by atoms with E-state index in [0.29, 0.717) is 0 Å². The van der Waals surface area contributed by atoms with Crippen LogP contribution in [0.2, 0.25) is 0 Å². The van der Waals surface area contributed by atoms with Gasteiger partial charge < -0.3 is 5.32 Å². The van der Waals surface area contributed by atoms with Crippen LogP contribution in [0.5, 0.6) is 0 Å². The maximum atomic E-state index is 3.63. The van der Waals surface area contributed by atoms with Crippen LogP contribution in [0.1, 0.15) is 50.8 Å². The molecule has 0 fully saturated rings. The highest BCUT2D eigenvalue weighted by atomic mass is 14.9. The van der Waals surface area contributed by atoms with Crippen LogP contribution in [-0.2, 0) is 6.42 Å². The first-order valence-electron chi connectivity index (χ1n) is 7.13. The van der Waals surface area contributed by atoms with Crippen molar-refractivity contribution in [2.45, 2.75) is 59.9 Å². The molecule has 1 rings (SSSR count). The van der Waals surface area contributed by atoms with Gasteiger partial charge in [-0.15, -0.1) is 0 Å². The number of rotatable bonds is 5. The Bertz CT molecular complexity index is 353. The Hall–Kier alpha value is -0.820. The van der Waals surface area contributed by atoms with E-state index < -0.39 is 0 Å². The normalized spacial score (nSPS) is 13.7. The Morgan fingerprint density at radius 2 is 1.67 bits per heavy atom. The number of hydrogen-bond acceptors (Lipinski definition) is 1. The molecule has 1 atom stereocenters. The lowest BCUT2D eigenvalue weighted by Gasteiger charge is -2.25. The van der Waals surface area contributed by atoms with Gasteiger partial charge in [-0.05, 0) is 70.2 Å². The molecule has 1 aromatic rings. The second-order valence-electron chi connectivity index (χ2n) is 6.48. The molecule has 0 aliphatic heterocycles. The van der Waals surface area contributed by atoms with Crippen molar-refractivity contribution in [2.24, 2.45) is 5.92 Å². The highest BCUT2D eigenvalue weighted by Gasteiger charge is 2.15. The molecule has 102 valence electrons. The van der Waals surface area contributed by atoms with Gasteiger partial charge in [0.15, 0.2) is 0 Å². The fourth-order valence-electron chi connectivity index (χ4n) is 2.27. The maximum Gasteiger partial charge on any atom is 0.00966 e. The highest BCUT2D eigenvalue weighted by molar-refractivity contribution is 5.33. The molecule has 0 amide bonds. The summed E-state index contributed by atoms with van der Waals surface area (Å²) in [5.74, 6) is 0.726. The van der Waals surface area contributed by atoms with Crippen LogP contribution in [0.15, 0.2) is 18.2 Å². The lowest BCUT2D eigenvalue weighted by molar-refractivity contribution is 0.362.